The molecule has 0 unspecified atom stereocenters. The summed E-state index contributed by atoms with van der Waals surface area (Å²) in [5.41, 5.74) is 5.98. The van der Waals surface area contributed by atoms with Gasteiger partial charge in [0.05, 0.1) is 35.4 Å². The van der Waals surface area contributed by atoms with E-state index in [1.807, 2.05) is 27.8 Å². The molecule has 2 aromatic heterocycles. The quantitative estimate of drug-likeness (QED) is 0.673. The van der Waals surface area contributed by atoms with Gasteiger partial charge >= 0.3 is 0 Å². The second kappa shape index (κ2) is 6.74. The summed E-state index contributed by atoms with van der Waals surface area (Å²) < 4.78 is 3.47. The molecule has 0 fully saturated rings. The maximum Gasteiger partial charge on any atom is 0.241 e. The lowest BCUT2D eigenvalue weighted by molar-refractivity contribution is -0.121. The van der Waals surface area contributed by atoms with E-state index >= 15 is 0 Å². The summed E-state index contributed by atoms with van der Waals surface area (Å²) in [6.45, 7) is 6.12. The zero-order valence-electron chi connectivity index (χ0n) is 13.1. The highest BCUT2D eigenvalue weighted by molar-refractivity contribution is 6.31. The molecule has 1 amide bonds. The molecule has 2 rings (SSSR count). The van der Waals surface area contributed by atoms with Crippen LogP contribution in [0.3, 0.4) is 0 Å². The van der Waals surface area contributed by atoms with E-state index in [0.717, 1.165) is 22.6 Å². The zero-order valence-corrected chi connectivity index (χ0v) is 13.8. The van der Waals surface area contributed by atoms with E-state index in [4.69, 9.17) is 11.6 Å². The highest BCUT2D eigenvalue weighted by Crippen LogP contribution is 2.18. The Kier molecular flexibility index (Phi) is 4.97. The number of nitrogens with one attached hydrogen (secondary N) is 1. The number of hydrogen-bond donors (Lipinski definition) is 1. The Labute approximate surface area is 134 Å². The van der Waals surface area contributed by atoms with E-state index < -0.39 is 0 Å². The highest BCUT2D eigenvalue weighted by atomic mass is 35.5. The molecule has 22 heavy (non-hydrogen) atoms. The van der Waals surface area contributed by atoms with Crippen LogP contribution in [0.15, 0.2) is 11.3 Å². The van der Waals surface area contributed by atoms with Crippen molar-refractivity contribution in [3.8, 4) is 0 Å². The summed E-state index contributed by atoms with van der Waals surface area (Å²) in [6.07, 6.45) is 3.56. The highest BCUT2D eigenvalue weighted by Gasteiger charge is 2.10. The molecule has 0 aliphatic rings. The number of hydrogen-bond acceptors (Lipinski definition) is 4. The average Bonchev–Trinajstić information content (AvgIpc) is 2.93. The number of nitrogens with zero attached hydrogens (tertiary/aromatic N) is 5. The monoisotopic (exact) mass is 322 g/mol. The average molecular weight is 323 g/mol. The van der Waals surface area contributed by atoms with Gasteiger partial charge in [-0.2, -0.15) is 15.3 Å². The molecule has 2 aromatic rings. The van der Waals surface area contributed by atoms with E-state index in [9.17, 15) is 4.79 Å². The SMILES string of the molecule is Cc1nn(CCC(=O)NN=Cc2cnn(C)c2C)c(C)c1Cl. The van der Waals surface area contributed by atoms with Gasteiger partial charge < -0.3 is 0 Å². The number of carbonyl (C=O) groups is 1. The van der Waals surface area contributed by atoms with Gasteiger partial charge in [0.15, 0.2) is 0 Å². The molecule has 0 radical (unpaired) electrons. The van der Waals surface area contributed by atoms with Crippen LogP contribution in [-0.2, 0) is 18.4 Å². The number of aromatic nitrogens is 4. The molecule has 0 spiro atoms. The molecule has 7 nitrogen and oxygen atoms in total. The summed E-state index contributed by atoms with van der Waals surface area (Å²) in [5, 5.41) is 13.0. The fourth-order valence-electron chi connectivity index (χ4n) is 1.97. The molecule has 1 N–H and O–H groups in total. The van der Waals surface area contributed by atoms with Crippen LogP contribution in [0.5, 0.6) is 0 Å². The van der Waals surface area contributed by atoms with Crippen LogP contribution in [0.1, 0.15) is 29.1 Å². The molecule has 0 aromatic carbocycles. The number of rotatable bonds is 5. The topological polar surface area (TPSA) is 77.1 Å². The van der Waals surface area contributed by atoms with Crippen LogP contribution in [-0.4, -0.2) is 31.7 Å². The normalized spacial score (nSPS) is 11.3. The van der Waals surface area contributed by atoms with Crippen molar-refractivity contribution < 1.29 is 4.79 Å². The number of amides is 1. The molecule has 8 heteroatoms. The van der Waals surface area contributed by atoms with E-state index in [1.54, 1.807) is 21.8 Å². The lowest BCUT2D eigenvalue weighted by atomic mass is 10.3. The Morgan fingerprint density at radius 3 is 2.68 bits per heavy atom. The van der Waals surface area contributed by atoms with E-state index in [0.29, 0.717) is 11.6 Å². The molecular weight excluding hydrogens is 304 g/mol. The number of aryl methyl sites for hydroxylation is 3. The predicted octanol–water partition coefficient (Wildman–Crippen LogP) is 1.74. The standard InChI is InChI=1S/C14H19ClN6O/c1-9-14(15)11(3)21(19-9)6-5-13(22)18-16-7-12-8-17-20(4)10(12)2/h7-8H,5-6H2,1-4H3,(H,18,22). The Morgan fingerprint density at radius 1 is 1.41 bits per heavy atom. The van der Waals surface area contributed by atoms with Crippen molar-refractivity contribution in [2.24, 2.45) is 12.1 Å². The lowest BCUT2D eigenvalue weighted by Crippen LogP contribution is -2.20. The molecule has 0 bridgehead atoms. The third-order valence-electron chi connectivity index (χ3n) is 3.51. The first kappa shape index (κ1) is 16.2. The fraction of sp³-hybridized carbons (Fsp3) is 0.429. The van der Waals surface area contributed by atoms with Crippen LogP contribution in [0.25, 0.3) is 0 Å². The second-order valence-corrected chi connectivity index (χ2v) is 5.44. The van der Waals surface area contributed by atoms with Gasteiger partial charge in [-0.3, -0.25) is 14.2 Å². The first-order valence-electron chi connectivity index (χ1n) is 6.90. The molecule has 0 saturated carbocycles. The zero-order chi connectivity index (χ0) is 16.3. The number of halogens is 1. The Hall–Kier alpha value is -2.15. The van der Waals surface area contributed by atoms with Gasteiger partial charge in [0, 0.05) is 24.7 Å². The van der Waals surface area contributed by atoms with Crippen molar-refractivity contribution in [3.63, 3.8) is 0 Å². The first-order chi connectivity index (χ1) is 10.4. The molecule has 0 aliphatic heterocycles. The van der Waals surface area contributed by atoms with Gasteiger partial charge in [-0.1, -0.05) is 11.6 Å². The van der Waals surface area contributed by atoms with Crippen LogP contribution in [0.4, 0.5) is 0 Å². The van der Waals surface area contributed by atoms with E-state index in [2.05, 4.69) is 20.7 Å². The smallest absolute Gasteiger partial charge is 0.241 e. The maximum absolute atomic E-state index is 11.8. The van der Waals surface area contributed by atoms with Gasteiger partial charge in [-0.15, -0.1) is 0 Å². The Balaban J connectivity index is 1.86. The third kappa shape index (κ3) is 3.54. The summed E-state index contributed by atoms with van der Waals surface area (Å²) >= 11 is 6.07. The van der Waals surface area contributed by atoms with Gasteiger partial charge in [-0.25, -0.2) is 5.43 Å². The summed E-state index contributed by atoms with van der Waals surface area (Å²) in [4.78, 5) is 11.8. The Morgan fingerprint density at radius 2 is 2.14 bits per heavy atom. The number of carbonyl (C=O) groups excluding carboxylic acids is 1. The van der Waals surface area contributed by atoms with Gasteiger partial charge in [0.25, 0.3) is 0 Å². The van der Waals surface area contributed by atoms with Crippen molar-refractivity contribution in [3.05, 3.63) is 33.9 Å². The second-order valence-electron chi connectivity index (χ2n) is 5.06. The molecule has 0 saturated heterocycles. The minimum Gasteiger partial charge on any atom is -0.273 e. The summed E-state index contributed by atoms with van der Waals surface area (Å²) in [6, 6.07) is 0. The van der Waals surface area contributed by atoms with Crippen molar-refractivity contribution in [1.82, 2.24) is 25.0 Å². The Bertz CT molecular complexity index is 715. The minimum atomic E-state index is -0.179. The van der Waals surface area contributed by atoms with Crippen LogP contribution in [0.2, 0.25) is 5.02 Å². The van der Waals surface area contributed by atoms with E-state index in [1.165, 1.54) is 0 Å². The summed E-state index contributed by atoms with van der Waals surface area (Å²) in [5.74, 6) is -0.179. The largest absolute Gasteiger partial charge is 0.273 e. The van der Waals surface area contributed by atoms with Crippen LogP contribution >= 0.6 is 11.6 Å². The lowest BCUT2D eigenvalue weighted by Gasteiger charge is -2.03. The van der Waals surface area contributed by atoms with Crippen LogP contribution in [0, 0.1) is 20.8 Å². The maximum atomic E-state index is 11.8. The molecule has 0 aliphatic carbocycles. The molecule has 2 heterocycles. The van der Waals surface area contributed by atoms with Crippen molar-refractivity contribution in [2.45, 2.75) is 33.7 Å². The van der Waals surface area contributed by atoms with Crippen molar-refractivity contribution in [1.29, 1.82) is 0 Å². The minimum absolute atomic E-state index is 0.179. The van der Waals surface area contributed by atoms with Crippen molar-refractivity contribution in [2.75, 3.05) is 0 Å². The summed E-state index contributed by atoms with van der Waals surface area (Å²) in [7, 11) is 1.85. The predicted molar refractivity (Wildman–Crippen MR) is 85.0 cm³/mol. The van der Waals surface area contributed by atoms with Gasteiger partial charge in [0.2, 0.25) is 5.91 Å². The van der Waals surface area contributed by atoms with Gasteiger partial charge in [0.1, 0.15) is 0 Å². The fourth-order valence-corrected chi connectivity index (χ4v) is 2.11. The number of hydrazone groups is 1. The first-order valence-corrected chi connectivity index (χ1v) is 7.28. The van der Waals surface area contributed by atoms with E-state index in [-0.39, 0.29) is 12.3 Å². The molecular formula is C14H19ClN6O. The van der Waals surface area contributed by atoms with Gasteiger partial charge in [-0.05, 0) is 20.8 Å². The van der Waals surface area contributed by atoms with Crippen molar-refractivity contribution >= 4 is 23.7 Å². The molecule has 0 atom stereocenters. The van der Waals surface area contributed by atoms with Crippen LogP contribution < -0.4 is 5.43 Å². The third-order valence-corrected chi connectivity index (χ3v) is 4.06. The molecule has 118 valence electrons.